The summed E-state index contributed by atoms with van der Waals surface area (Å²) in [6.07, 6.45) is -7.62. The number of carbonyl (C=O) groups is 1. The van der Waals surface area contributed by atoms with Crippen LogP contribution in [-0.4, -0.2) is 17.0 Å². The van der Waals surface area contributed by atoms with Crippen molar-refractivity contribution in [3.05, 3.63) is 68.0 Å². The van der Waals surface area contributed by atoms with Gasteiger partial charge in [-0.25, -0.2) is 0 Å². The van der Waals surface area contributed by atoms with Crippen LogP contribution in [0.25, 0.3) is 0 Å². The SMILES string of the molecule is O=C(NCCCCn1cc(Br)ccc1=O)c1cc(C(F)(F)F)cc(C(F)(F)F)c1. The van der Waals surface area contributed by atoms with Gasteiger partial charge < -0.3 is 9.88 Å². The molecule has 0 atom stereocenters. The number of carbonyl (C=O) groups excluding carboxylic acids is 1. The maximum Gasteiger partial charge on any atom is 0.416 e. The second-order valence-electron chi connectivity index (χ2n) is 6.14. The van der Waals surface area contributed by atoms with Crippen LogP contribution in [0.5, 0.6) is 0 Å². The summed E-state index contributed by atoms with van der Waals surface area (Å²) in [6.45, 7) is 0.370. The van der Waals surface area contributed by atoms with Gasteiger partial charge >= 0.3 is 12.4 Å². The van der Waals surface area contributed by atoms with E-state index in [0.717, 1.165) is 0 Å². The molecule has 0 aliphatic rings. The molecule has 0 aliphatic heterocycles. The molecular weight excluding hydrogens is 470 g/mol. The van der Waals surface area contributed by atoms with Gasteiger partial charge in [0.05, 0.1) is 11.1 Å². The number of halogens is 7. The van der Waals surface area contributed by atoms with Crippen LogP contribution >= 0.6 is 15.9 Å². The van der Waals surface area contributed by atoms with Crippen LogP contribution in [0.2, 0.25) is 0 Å². The van der Waals surface area contributed by atoms with E-state index >= 15 is 0 Å². The largest absolute Gasteiger partial charge is 0.416 e. The number of pyridine rings is 1. The third-order valence-electron chi connectivity index (χ3n) is 3.91. The Balaban J connectivity index is 1.99. The number of rotatable bonds is 6. The van der Waals surface area contributed by atoms with Crippen molar-refractivity contribution in [1.29, 1.82) is 0 Å². The van der Waals surface area contributed by atoms with Gasteiger partial charge in [0.25, 0.3) is 11.5 Å². The maximum absolute atomic E-state index is 12.8. The molecule has 1 amide bonds. The number of nitrogens with one attached hydrogen (secondary N) is 1. The smallest absolute Gasteiger partial charge is 0.352 e. The van der Waals surface area contributed by atoms with Gasteiger partial charge in [-0.1, -0.05) is 0 Å². The summed E-state index contributed by atoms with van der Waals surface area (Å²) in [5.74, 6) is -1.04. The lowest BCUT2D eigenvalue weighted by Gasteiger charge is -2.14. The van der Waals surface area contributed by atoms with Gasteiger partial charge in [-0.3, -0.25) is 9.59 Å². The van der Waals surface area contributed by atoms with Crippen LogP contribution in [0.15, 0.2) is 45.8 Å². The van der Waals surface area contributed by atoms with Gasteiger partial charge in [-0.05, 0) is 53.0 Å². The quantitative estimate of drug-likeness (QED) is 0.470. The summed E-state index contributed by atoms with van der Waals surface area (Å²) in [5.41, 5.74) is -4.05. The molecule has 0 bridgehead atoms. The predicted molar refractivity (Wildman–Crippen MR) is 96.4 cm³/mol. The molecule has 2 rings (SSSR count). The number of hydrogen-bond donors (Lipinski definition) is 1. The van der Waals surface area contributed by atoms with Crippen LogP contribution in [0.4, 0.5) is 26.3 Å². The lowest BCUT2D eigenvalue weighted by molar-refractivity contribution is -0.143. The maximum atomic E-state index is 12.8. The zero-order valence-electron chi connectivity index (χ0n) is 14.7. The number of hydrogen-bond acceptors (Lipinski definition) is 2. The number of amides is 1. The van der Waals surface area contributed by atoms with Crippen molar-refractivity contribution in [3.8, 4) is 0 Å². The lowest BCUT2D eigenvalue weighted by atomic mass is 10.0. The van der Waals surface area contributed by atoms with E-state index in [-0.39, 0.29) is 18.2 Å². The van der Waals surface area contributed by atoms with Gasteiger partial charge in [0, 0.05) is 35.4 Å². The third kappa shape index (κ3) is 6.62. The molecule has 1 aromatic carbocycles. The number of benzene rings is 1. The van der Waals surface area contributed by atoms with Gasteiger partial charge in [0.2, 0.25) is 0 Å². The Bertz CT molecular complexity index is 905. The van der Waals surface area contributed by atoms with Crippen molar-refractivity contribution in [2.75, 3.05) is 6.54 Å². The van der Waals surface area contributed by atoms with Crippen LogP contribution in [0, 0.1) is 0 Å². The van der Waals surface area contributed by atoms with Gasteiger partial charge in [-0.15, -0.1) is 0 Å². The van der Waals surface area contributed by atoms with Gasteiger partial charge in [-0.2, -0.15) is 26.3 Å². The number of aromatic nitrogens is 1. The van der Waals surface area contributed by atoms with Crippen LogP contribution in [-0.2, 0) is 18.9 Å². The molecule has 2 aromatic rings. The first-order valence-corrected chi connectivity index (χ1v) is 9.11. The Morgan fingerprint density at radius 1 is 0.966 bits per heavy atom. The van der Waals surface area contributed by atoms with Crippen molar-refractivity contribution in [1.82, 2.24) is 9.88 Å². The minimum absolute atomic E-state index is 0.0270. The highest BCUT2D eigenvalue weighted by Gasteiger charge is 2.37. The number of nitrogens with zero attached hydrogens (tertiary/aromatic N) is 1. The fraction of sp³-hybridized carbons (Fsp3) is 0.333. The van der Waals surface area contributed by atoms with E-state index < -0.39 is 35.0 Å². The molecule has 0 unspecified atom stereocenters. The Morgan fingerprint density at radius 2 is 1.55 bits per heavy atom. The molecule has 0 saturated carbocycles. The Morgan fingerprint density at radius 3 is 2.10 bits per heavy atom. The first kappa shape index (κ1) is 23.0. The zero-order valence-corrected chi connectivity index (χ0v) is 16.3. The molecule has 0 radical (unpaired) electrons. The summed E-state index contributed by atoms with van der Waals surface area (Å²) in [5, 5.41) is 2.30. The molecular formula is C18H15BrF6N2O2. The van der Waals surface area contributed by atoms with Crippen LogP contribution < -0.4 is 10.9 Å². The van der Waals surface area contributed by atoms with Crippen molar-refractivity contribution < 1.29 is 31.1 Å². The topological polar surface area (TPSA) is 51.1 Å². The third-order valence-corrected chi connectivity index (χ3v) is 4.38. The fourth-order valence-corrected chi connectivity index (χ4v) is 2.85. The van der Waals surface area contributed by atoms with Gasteiger partial charge in [0.1, 0.15) is 0 Å². The van der Waals surface area contributed by atoms with E-state index in [1.165, 1.54) is 10.6 Å². The van der Waals surface area contributed by atoms with Crippen LogP contribution in [0.1, 0.15) is 34.3 Å². The first-order chi connectivity index (χ1) is 13.4. The van der Waals surface area contributed by atoms with E-state index in [0.29, 0.717) is 36.0 Å². The highest BCUT2D eigenvalue weighted by molar-refractivity contribution is 9.10. The second-order valence-corrected chi connectivity index (χ2v) is 7.05. The van der Waals surface area contributed by atoms with Crippen molar-refractivity contribution in [3.63, 3.8) is 0 Å². The normalized spacial score (nSPS) is 12.1. The summed E-state index contributed by atoms with van der Waals surface area (Å²) < 4.78 is 79.2. The standard InChI is InChI=1S/C18H15BrF6N2O2/c19-14-3-4-15(28)27(10-14)6-2-1-5-26-16(29)11-7-12(17(20,21)22)9-13(8-11)18(23,24)25/h3-4,7-10H,1-2,5-6H2,(H,26,29). The molecule has 0 spiro atoms. The molecule has 1 heterocycles. The van der Waals surface area contributed by atoms with E-state index in [9.17, 15) is 35.9 Å². The zero-order chi connectivity index (χ0) is 21.8. The van der Waals surface area contributed by atoms with E-state index in [2.05, 4.69) is 21.2 Å². The van der Waals surface area contributed by atoms with Crippen molar-refractivity contribution in [2.24, 2.45) is 0 Å². The molecule has 0 aliphatic carbocycles. The van der Waals surface area contributed by atoms with Gasteiger partial charge in [0.15, 0.2) is 0 Å². The van der Waals surface area contributed by atoms with E-state index in [1.54, 1.807) is 12.3 Å². The Hall–Kier alpha value is -2.30. The predicted octanol–water partition coefficient (Wildman–Crippen LogP) is 4.86. The minimum atomic E-state index is -5.02. The average molecular weight is 485 g/mol. The lowest BCUT2D eigenvalue weighted by Crippen LogP contribution is -2.26. The molecule has 0 saturated heterocycles. The monoisotopic (exact) mass is 484 g/mol. The summed E-state index contributed by atoms with van der Waals surface area (Å²) >= 11 is 3.23. The van der Waals surface area contributed by atoms with E-state index in [1.807, 2.05) is 0 Å². The molecule has 4 nitrogen and oxygen atoms in total. The summed E-state index contributed by atoms with van der Waals surface area (Å²) in [4.78, 5) is 23.7. The van der Waals surface area contributed by atoms with E-state index in [4.69, 9.17) is 0 Å². The first-order valence-electron chi connectivity index (χ1n) is 8.31. The summed E-state index contributed by atoms with van der Waals surface area (Å²) in [7, 11) is 0. The summed E-state index contributed by atoms with van der Waals surface area (Å²) in [6, 6.07) is 3.69. The molecule has 1 N–H and O–H groups in total. The number of unbranched alkanes of at least 4 members (excludes halogenated alkanes) is 1. The molecule has 29 heavy (non-hydrogen) atoms. The minimum Gasteiger partial charge on any atom is -0.352 e. The average Bonchev–Trinajstić information content (AvgIpc) is 2.62. The molecule has 0 fully saturated rings. The fourth-order valence-electron chi connectivity index (χ4n) is 2.47. The second kappa shape index (κ2) is 9.02. The molecule has 1 aromatic heterocycles. The van der Waals surface area contributed by atoms with Crippen LogP contribution in [0.3, 0.4) is 0 Å². The Labute approximate surface area is 169 Å². The molecule has 158 valence electrons. The molecule has 11 heteroatoms. The highest BCUT2D eigenvalue weighted by atomic mass is 79.9. The van der Waals surface area contributed by atoms with Crippen molar-refractivity contribution >= 4 is 21.8 Å². The highest BCUT2D eigenvalue weighted by Crippen LogP contribution is 2.36. The number of aryl methyl sites for hydroxylation is 1. The number of alkyl halides is 6. The van der Waals surface area contributed by atoms with Crippen molar-refractivity contribution in [2.45, 2.75) is 31.7 Å². The Kier molecular flexibility index (Phi) is 7.15.